The van der Waals surface area contributed by atoms with E-state index in [-0.39, 0.29) is 40.2 Å². The van der Waals surface area contributed by atoms with Gasteiger partial charge in [0.1, 0.15) is 23.4 Å². The summed E-state index contributed by atoms with van der Waals surface area (Å²) in [6.45, 7) is 6.32. The molecule has 4 rings (SSSR count). The van der Waals surface area contributed by atoms with Crippen molar-refractivity contribution < 1.29 is 33.7 Å². The maximum atomic E-state index is 13.3. The largest absolute Gasteiger partial charge is 0.490 e. The zero-order chi connectivity index (χ0) is 31.5. The second-order valence-electron chi connectivity index (χ2n) is 11.5. The van der Waals surface area contributed by atoms with Gasteiger partial charge in [0, 0.05) is 31.5 Å². The number of nitrogens with two attached hydrogens (primary N) is 1. The molecule has 11 nitrogen and oxygen atoms in total. The Hall–Kier alpha value is -4.98. The third-order valence-corrected chi connectivity index (χ3v) is 7.79. The van der Waals surface area contributed by atoms with Crippen LogP contribution >= 0.6 is 0 Å². The second-order valence-corrected chi connectivity index (χ2v) is 11.5. The molecule has 43 heavy (non-hydrogen) atoms. The highest BCUT2D eigenvalue weighted by Gasteiger charge is 2.43. The minimum absolute atomic E-state index is 0.0517. The number of esters is 2. The predicted octanol–water partition coefficient (Wildman–Crippen LogP) is 4.52. The van der Waals surface area contributed by atoms with Gasteiger partial charge >= 0.3 is 18.0 Å². The van der Waals surface area contributed by atoms with Crippen molar-refractivity contribution in [1.82, 2.24) is 4.90 Å². The standard InChI is InChI=1S/C32H36N4O7/c1-32(2,3)24-17-22(14-15-35(24)31(39)40)43-21-13-9-12-20(16-21)36-27(30(38)42-5)26(29(37)41-4)25(23(18-33)28(36)34)19-10-7-6-8-11-19/h6-13,16,22,24-25H,14-15,17,34H2,1-5H3,(H,39,40). The second kappa shape index (κ2) is 12.5. The number of nitriles is 1. The fourth-order valence-electron chi connectivity index (χ4n) is 5.76. The number of benzene rings is 2. The maximum absolute atomic E-state index is 13.3. The number of carboxylic acid groups (broad SMARTS) is 1. The number of carbonyl (C=O) groups is 3. The molecule has 2 aliphatic heterocycles. The average molecular weight is 589 g/mol. The summed E-state index contributed by atoms with van der Waals surface area (Å²) in [5.74, 6) is -2.24. The Labute approximate surface area is 250 Å². The molecular formula is C32H36N4O7. The summed E-state index contributed by atoms with van der Waals surface area (Å²) < 4.78 is 16.5. The van der Waals surface area contributed by atoms with Crippen LogP contribution in [0, 0.1) is 16.7 Å². The van der Waals surface area contributed by atoms with Crippen molar-refractivity contribution in [2.45, 2.75) is 51.7 Å². The number of piperidine rings is 1. The van der Waals surface area contributed by atoms with E-state index >= 15 is 0 Å². The lowest BCUT2D eigenvalue weighted by Crippen LogP contribution is -2.53. The molecule has 0 saturated carbocycles. The molecule has 2 aliphatic rings. The van der Waals surface area contributed by atoms with Crippen LogP contribution in [-0.4, -0.2) is 60.9 Å². The summed E-state index contributed by atoms with van der Waals surface area (Å²) >= 11 is 0. The monoisotopic (exact) mass is 588 g/mol. The number of ether oxygens (including phenoxy) is 3. The molecule has 2 aromatic carbocycles. The van der Waals surface area contributed by atoms with Crippen LogP contribution in [0.3, 0.4) is 0 Å². The summed E-state index contributed by atoms with van der Waals surface area (Å²) in [5.41, 5.74) is 7.02. The van der Waals surface area contributed by atoms with Crippen molar-refractivity contribution in [3.63, 3.8) is 0 Å². The van der Waals surface area contributed by atoms with Crippen molar-refractivity contribution in [3.05, 3.63) is 82.8 Å². The summed E-state index contributed by atoms with van der Waals surface area (Å²) in [6, 6.07) is 17.4. The van der Waals surface area contributed by atoms with Crippen molar-refractivity contribution in [2.24, 2.45) is 11.1 Å². The number of amides is 1. The third-order valence-electron chi connectivity index (χ3n) is 7.79. The number of likely N-dealkylation sites (tertiary alicyclic amines) is 1. The molecule has 2 aromatic rings. The highest BCUT2D eigenvalue weighted by atomic mass is 16.5. The minimum Gasteiger partial charge on any atom is -0.490 e. The normalized spacial score (nSPS) is 20.8. The lowest BCUT2D eigenvalue weighted by molar-refractivity contribution is -0.139. The van der Waals surface area contributed by atoms with Crippen molar-refractivity contribution in [1.29, 1.82) is 5.26 Å². The number of hydrogen-bond acceptors (Lipinski definition) is 9. The SMILES string of the molecule is COC(=O)C1=C(C(=O)OC)N(c2cccc(OC3CCN(C(=O)O)C(C(C)(C)C)C3)c2)C(N)=C(C#N)C1c1ccccc1. The summed E-state index contributed by atoms with van der Waals surface area (Å²) in [6.07, 6.45) is -0.254. The van der Waals surface area contributed by atoms with Crippen LogP contribution in [0.5, 0.6) is 5.75 Å². The molecule has 2 heterocycles. The molecule has 0 aromatic heterocycles. The van der Waals surface area contributed by atoms with E-state index in [1.54, 1.807) is 54.6 Å². The third kappa shape index (κ3) is 6.14. The van der Waals surface area contributed by atoms with E-state index in [0.717, 1.165) is 0 Å². The van der Waals surface area contributed by atoms with Crippen molar-refractivity contribution in [2.75, 3.05) is 25.7 Å². The Morgan fingerprint density at radius 2 is 1.70 bits per heavy atom. The van der Waals surface area contributed by atoms with E-state index in [4.69, 9.17) is 19.9 Å². The first-order chi connectivity index (χ1) is 20.4. The van der Waals surface area contributed by atoms with Crippen molar-refractivity contribution in [3.8, 4) is 11.8 Å². The van der Waals surface area contributed by atoms with Gasteiger partial charge in [0.25, 0.3) is 0 Å². The minimum atomic E-state index is -0.975. The molecule has 0 radical (unpaired) electrons. The first-order valence-corrected chi connectivity index (χ1v) is 13.8. The number of allylic oxidation sites excluding steroid dienone is 1. The number of anilines is 1. The molecule has 3 unspecified atom stereocenters. The molecule has 0 aliphatic carbocycles. The van der Waals surface area contributed by atoms with Gasteiger partial charge in [-0.05, 0) is 23.1 Å². The van der Waals surface area contributed by atoms with Gasteiger partial charge < -0.3 is 30.0 Å². The van der Waals surface area contributed by atoms with E-state index in [1.165, 1.54) is 24.0 Å². The first-order valence-electron chi connectivity index (χ1n) is 13.8. The van der Waals surface area contributed by atoms with Crippen LogP contribution < -0.4 is 15.4 Å². The van der Waals surface area contributed by atoms with E-state index in [2.05, 4.69) is 6.07 Å². The smallest absolute Gasteiger partial charge is 0.407 e. The first kappa shape index (κ1) is 31.0. The van der Waals surface area contributed by atoms with Gasteiger partial charge in [-0.1, -0.05) is 57.2 Å². The number of methoxy groups -OCH3 is 2. The van der Waals surface area contributed by atoms with Crippen molar-refractivity contribution >= 4 is 23.7 Å². The zero-order valence-electron chi connectivity index (χ0n) is 24.9. The molecule has 11 heteroatoms. The number of hydrogen-bond donors (Lipinski definition) is 2. The molecule has 0 spiro atoms. The van der Waals surface area contributed by atoms with Crippen LogP contribution in [0.1, 0.15) is 45.1 Å². The van der Waals surface area contributed by atoms with Crippen LogP contribution in [0.2, 0.25) is 0 Å². The van der Waals surface area contributed by atoms with Crippen LogP contribution in [-0.2, 0) is 19.1 Å². The summed E-state index contributed by atoms with van der Waals surface area (Å²) in [7, 11) is 2.38. The molecule has 3 atom stereocenters. The van der Waals surface area contributed by atoms with Gasteiger partial charge in [-0.2, -0.15) is 5.26 Å². The van der Waals surface area contributed by atoms with Gasteiger partial charge in [-0.15, -0.1) is 0 Å². The fraction of sp³-hybridized carbons (Fsp3) is 0.375. The molecule has 0 bridgehead atoms. The number of rotatable bonds is 6. The molecule has 1 fully saturated rings. The van der Waals surface area contributed by atoms with E-state index in [1.807, 2.05) is 20.8 Å². The number of carbonyl (C=O) groups excluding carboxylic acids is 2. The Morgan fingerprint density at radius 1 is 1.02 bits per heavy atom. The topological polar surface area (TPSA) is 155 Å². The van der Waals surface area contributed by atoms with Gasteiger partial charge in [0.15, 0.2) is 0 Å². The molecular weight excluding hydrogens is 552 g/mol. The van der Waals surface area contributed by atoms with Gasteiger partial charge in [0.2, 0.25) is 0 Å². The van der Waals surface area contributed by atoms with E-state index in [0.29, 0.717) is 36.4 Å². The van der Waals surface area contributed by atoms with Crippen LogP contribution in [0.4, 0.5) is 10.5 Å². The lowest BCUT2D eigenvalue weighted by Gasteiger charge is -2.44. The van der Waals surface area contributed by atoms with E-state index < -0.39 is 23.9 Å². The van der Waals surface area contributed by atoms with Gasteiger partial charge in [-0.25, -0.2) is 14.4 Å². The van der Waals surface area contributed by atoms with Gasteiger partial charge in [0.05, 0.1) is 43.0 Å². The lowest BCUT2D eigenvalue weighted by atomic mass is 9.80. The zero-order valence-corrected chi connectivity index (χ0v) is 24.9. The number of nitrogens with zero attached hydrogens (tertiary/aromatic N) is 3. The van der Waals surface area contributed by atoms with E-state index in [9.17, 15) is 24.8 Å². The summed E-state index contributed by atoms with van der Waals surface area (Å²) in [4.78, 5) is 41.3. The molecule has 1 saturated heterocycles. The fourth-order valence-corrected chi connectivity index (χ4v) is 5.76. The molecule has 3 N–H and O–H groups in total. The Morgan fingerprint density at radius 3 is 2.28 bits per heavy atom. The Balaban J connectivity index is 1.79. The Bertz CT molecular complexity index is 1500. The van der Waals surface area contributed by atoms with Crippen LogP contribution in [0.15, 0.2) is 77.3 Å². The van der Waals surface area contributed by atoms with Gasteiger partial charge in [-0.3, -0.25) is 4.90 Å². The predicted molar refractivity (Wildman–Crippen MR) is 158 cm³/mol. The average Bonchev–Trinajstić information content (AvgIpc) is 2.99. The highest BCUT2D eigenvalue weighted by Crippen LogP contribution is 2.44. The Kier molecular flexibility index (Phi) is 8.99. The molecule has 1 amide bonds. The maximum Gasteiger partial charge on any atom is 0.407 e. The molecule has 226 valence electrons. The van der Waals surface area contributed by atoms with Crippen LogP contribution in [0.25, 0.3) is 0 Å². The quantitative estimate of drug-likeness (QED) is 0.460. The summed E-state index contributed by atoms with van der Waals surface area (Å²) in [5, 5.41) is 20.0. The highest BCUT2D eigenvalue weighted by molar-refractivity contribution is 6.06.